The number of ether oxygens (including phenoxy) is 1. The molecule has 0 saturated carbocycles. The fraction of sp³-hybridized carbons (Fsp3) is 0.500. The van der Waals surface area contributed by atoms with Gasteiger partial charge in [0.1, 0.15) is 0 Å². The second-order valence-electron chi connectivity index (χ2n) is 5.42. The van der Waals surface area contributed by atoms with E-state index >= 15 is 0 Å². The van der Waals surface area contributed by atoms with E-state index in [0.717, 1.165) is 44.5 Å². The van der Waals surface area contributed by atoms with Crippen molar-refractivity contribution < 1.29 is 22.7 Å². The Labute approximate surface area is 120 Å². The summed E-state index contributed by atoms with van der Waals surface area (Å²) < 4.78 is 42.4. The molecule has 4 nitrogen and oxygen atoms in total. The first-order valence-corrected chi connectivity index (χ1v) is 6.62. The fourth-order valence-corrected chi connectivity index (χ4v) is 1.99. The molecule has 0 spiro atoms. The average molecular weight is 302 g/mol. The van der Waals surface area contributed by atoms with E-state index in [1.54, 1.807) is 18.2 Å². The molecule has 21 heavy (non-hydrogen) atoms. The molecule has 2 rings (SSSR count). The van der Waals surface area contributed by atoms with Crippen LogP contribution >= 0.6 is 0 Å². The number of nitrogens with one attached hydrogen (secondary N) is 2. The number of hydrogen-bond acceptors (Lipinski definition) is 3. The number of halogens is 3. The average Bonchev–Trinajstić information content (AvgIpc) is 2.36. The lowest BCUT2D eigenvalue weighted by Gasteiger charge is -2.27. The second kappa shape index (κ2) is 5.46. The van der Waals surface area contributed by atoms with Gasteiger partial charge in [0.15, 0.2) is 0 Å². The van der Waals surface area contributed by atoms with Gasteiger partial charge in [0.2, 0.25) is 5.60 Å². The fourth-order valence-electron chi connectivity index (χ4n) is 1.99. The number of benzene rings is 1. The van der Waals surface area contributed by atoms with E-state index in [4.69, 9.17) is 0 Å². The van der Waals surface area contributed by atoms with E-state index in [1.807, 2.05) is 0 Å². The predicted molar refractivity (Wildman–Crippen MR) is 73.5 cm³/mol. The van der Waals surface area contributed by atoms with Crippen LogP contribution in [0, 0.1) is 0 Å². The molecule has 1 aliphatic heterocycles. The first-order valence-electron chi connectivity index (χ1n) is 6.62. The SMILES string of the molecule is CC(C)(OC(=O)Nc1ccc2c(c1)CCCN2)C(F)(F)F. The summed E-state index contributed by atoms with van der Waals surface area (Å²) in [6.45, 7) is 2.51. The molecule has 7 heteroatoms. The lowest BCUT2D eigenvalue weighted by atomic mass is 10.0. The minimum atomic E-state index is -4.62. The van der Waals surface area contributed by atoms with E-state index in [2.05, 4.69) is 15.4 Å². The zero-order valence-electron chi connectivity index (χ0n) is 11.8. The van der Waals surface area contributed by atoms with E-state index in [9.17, 15) is 18.0 Å². The Kier molecular flexibility index (Phi) is 4.02. The van der Waals surface area contributed by atoms with E-state index in [-0.39, 0.29) is 0 Å². The maximum atomic E-state index is 12.6. The molecule has 1 amide bonds. The van der Waals surface area contributed by atoms with Gasteiger partial charge in [-0.05, 0) is 50.5 Å². The van der Waals surface area contributed by atoms with Crippen LogP contribution in [-0.4, -0.2) is 24.4 Å². The number of aryl methyl sites for hydroxylation is 1. The summed E-state index contributed by atoms with van der Waals surface area (Å²) in [5.74, 6) is 0. The molecule has 0 fully saturated rings. The van der Waals surface area contributed by atoms with Crippen molar-refractivity contribution in [2.24, 2.45) is 0 Å². The van der Waals surface area contributed by atoms with Crippen molar-refractivity contribution in [3.05, 3.63) is 23.8 Å². The lowest BCUT2D eigenvalue weighted by Crippen LogP contribution is -2.44. The molecule has 0 aliphatic carbocycles. The highest BCUT2D eigenvalue weighted by Gasteiger charge is 2.50. The van der Waals surface area contributed by atoms with Gasteiger partial charge in [0.05, 0.1) is 0 Å². The zero-order valence-corrected chi connectivity index (χ0v) is 11.8. The van der Waals surface area contributed by atoms with Crippen molar-refractivity contribution in [3.8, 4) is 0 Å². The number of anilines is 2. The molecule has 1 aromatic rings. The quantitative estimate of drug-likeness (QED) is 0.870. The lowest BCUT2D eigenvalue weighted by molar-refractivity contribution is -0.242. The Hall–Kier alpha value is -1.92. The summed E-state index contributed by atoms with van der Waals surface area (Å²) in [4.78, 5) is 11.6. The van der Waals surface area contributed by atoms with Crippen molar-refractivity contribution >= 4 is 17.5 Å². The molecule has 1 heterocycles. The summed E-state index contributed by atoms with van der Waals surface area (Å²) in [5.41, 5.74) is -0.113. The highest BCUT2D eigenvalue weighted by atomic mass is 19.4. The molecule has 0 aromatic heterocycles. The predicted octanol–water partition coefficient (Wildman–Crippen LogP) is 3.93. The summed E-state index contributed by atoms with van der Waals surface area (Å²) >= 11 is 0. The van der Waals surface area contributed by atoms with Crippen molar-refractivity contribution in [3.63, 3.8) is 0 Å². The first kappa shape index (κ1) is 15.5. The topological polar surface area (TPSA) is 50.4 Å². The molecule has 0 unspecified atom stereocenters. The molecule has 0 atom stereocenters. The molecule has 1 aromatic carbocycles. The number of rotatable bonds is 2. The van der Waals surface area contributed by atoms with Gasteiger partial charge in [-0.3, -0.25) is 5.32 Å². The zero-order chi connectivity index (χ0) is 15.7. The van der Waals surface area contributed by atoms with Gasteiger partial charge in [-0.1, -0.05) is 0 Å². The van der Waals surface area contributed by atoms with E-state index in [0.29, 0.717) is 5.69 Å². The van der Waals surface area contributed by atoms with Crippen LogP contribution in [0.3, 0.4) is 0 Å². The summed E-state index contributed by atoms with van der Waals surface area (Å²) in [7, 11) is 0. The van der Waals surface area contributed by atoms with Gasteiger partial charge in [-0.25, -0.2) is 4.79 Å². The third-order valence-corrected chi connectivity index (χ3v) is 3.32. The van der Waals surface area contributed by atoms with E-state index < -0.39 is 17.9 Å². The number of carbonyl (C=O) groups excluding carboxylic acids is 1. The number of hydrogen-bond donors (Lipinski definition) is 2. The number of fused-ring (bicyclic) bond motifs is 1. The van der Waals surface area contributed by atoms with Crippen molar-refractivity contribution in [2.75, 3.05) is 17.2 Å². The number of carbonyl (C=O) groups is 1. The third-order valence-electron chi connectivity index (χ3n) is 3.32. The standard InChI is InChI=1S/C14H17F3N2O2/c1-13(2,14(15,16)17)21-12(20)19-10-5-6-11-9(8-10)4-3-7-18-11/h5-6,8,18H,3-4,7H2,1-2H3,(H,19,20). The van der Waals surface area contributed by atoms with Gasteiger partial charge in [0, 0.05) is 17.9 Å². The maximum absolute atomic E-state index is 12.6. The minimum Gasteiger partial charge on any atom is -0.434 e. The maximum Gasteiger partial charge on any atom is 0.427 e. The minimum absolute atomic E-state index is 0.417. The van der Waals surface area contributed by atoms with Gasteiger partial charge >= 0.3 is 12.3 Å². The van der Waals surface area contributed by atoms with Crippen LogP contribution in [0.2, 0.25) is 0 Å². The molecule has 0 radical (unpaired) electrons. The Balaban J connectivity index is 2.03. The Morgan fingerprint density at radius 2 is 2.05 bits per heavy atom. The largest absolute Gasteiger partial charge is 0.434 e. The van der Waals surface area contributed by atoms with Crippen LogP contribution in [0.5, 0.6) is 0 Å². The number of amides is 1. The molecule has 2 N–H and O–H groups in total. The molecule has 0 bridgehead atoms. The van der Waals surface area contributed by atoms with Crippen molar-refractivity contribution in [1.82, 2.24) is 0 Å². The molecule has 116 valence electrons. The summed E-state index contributed by atoms with van der Waals surface area (Å²) in [5, 5.41) is 5.54. The Morgan fingerprint density at radius 3 is 2.71 bits per heavy atom. The summed E-state index contributed by atoms with van der Waals surface area (Å²) in [6.07, 6.45) is -3.91. The van der Waals surface area contributed by atoms with Crippen molar-refractivity contribution in [1.29, 1.82) is 0 Å². The Morgan fingerprint density at radius 1 is 1.33 bits per heavy atom. The smallest absolute Gasteiger partial charge is 0.427 e. The summed E-state index contributed by atoms with van der Waals surface area (Å²) in [6, 6.07) is 5.15. The van der Waals surface area contributed by atoms with E-state index in [1.165, 1.54) is 0 Å². The van der Waals surface area contributed by atoms with Crippen LogP contribution in [0.4, 0.5) is 29.3 Å². The molecule has 1 aliphatic rings. The second-order valence-corrected chi connectivity index (χ2v) is 5.42. The first-order chi connectivity index (χ1) is 9.69. The monoisotopic (exact) mass is 302 g/mol. The van der Waals surface area contributed by atoms with Crippen LogP contribution < -0.4 is 10.6 Å². The van der Waals surface area contributed by atoms with Crippen LogP contribution in [-0.2, 0) is 11.2 Å². The molecule has 0 saturated heterocycles. The number of alkyl halides is 3. The third kappa shape index (κ3) is 3.59. The highest BCUT2D eigenvalue weighted by Crippen LogP contribution is 2.33. The van der Waals surface area contributed by atoms with Crippen LogP contribution in [0.25, 0.3) is 0 Å². The molecular formula is C14H17F3N2O2. The van der Waals surface area contributed by atoms with Crippen molar-refractivity contribution in [2.45, 2.75) is 38.5 Å². The highest BCUT2D eigenvalue weighted by molar-refractivity contribution is 5.85. The van der Waals surface area contributed by atoms with Gasteiger partial charge < -0.3 is 10.1 Å². The van der Waals surface area contributed by atoms with Gasteiger partial charge in [0.25, 0.3) is 0 Å². The normalized spacial score (nSPS) is 14.9. The van der Waals surface area contributed by atoms with Crippen LogP contribution in [0.15, 0.2) is 18.2 Å². The van der Waals surface area contributed by atoms with Gasteiger partial charge in [-0.15, -0.1) is 0 Å². The van der Waals surface area contributed by atoms with Crippen LogP contribution in [0.1, 0.15) is 25.8 Å². The Bertz CT molecular complexity index is 542. The van der Waals surface area contributed by atoms with Gasteiger partial charge in [-0.2, -0.15) is 13.2 Å². The molecular weight excluding hydrogens is 285 g/mol.